The summed E-state index contributed by atoms with van der Waals surface area (Å²) in [6.07, 6.45) is 3.32. The molecule has 2 rings (SSSR count). The Morgan fingerprint density at radius 1 is 1.65 bits per heavy atom. The van der Waals surface area contributed by atoms with E-state index in [0.29, 0.717) is 0 Å². The Bertz CT molecular complexity index is 371. The molecule has 6 heteroatoms. The highest BCUT2D eigenvalue weighted by molar-refractivity contribution is 5.88. The number of nitrogens with one attached hydrogen (secondary N) is 1. The maximum atomic E-state index is 10.7. The molecule has 17 heavy (non-hydrogen) atoms. The van der Waals surface area contributed by atoms with Gasteiger partial charge in [0, 0.05) is 13.3 Å². The number of rotatable bonds is 3. The third-order valence-electron chi connectivity index (χ3n) is 2.35. The monoisotopic (exact) mass is 240 g/mol. The summed E-state index contributed by atoms with van der Waals surface area (Å²) < 4.78 is 5.16. The number of carboxylic acids is 1. The van der Waals surface area contributed by atoms with Gasteiger partial charge in [0.1, 0.15) is 11.8 Å². The molecular weight excluding hydrogens is 224 g/mol. The van der Waals surface area contributed by atoms with Crippen LogP contribution in [0.2, 0.25) is 0 Å². The normalized spacial score (nSPS) is 21.9. The molecule has 2 unspecified atom stereocenters. The fraction of sp³-hybridized carbons (Fsp3) is 0.455. The molecule has 2 heterocycles. The second kappa shape index (κ2) is 6.05. The van der Waals surface area contributed by atoms with Crippen molar-refractivity contribution < 1.29 is 19.1 Å². The fourth-order valence-electron chi connectivity index (χ4n) is 1.46. The second-order valence-electron chi connectivity index (χ2n) is 3.78. The third kappa shape index (κ3) is 4.28. The van der Waals surface area contributed by atoms with Gasteiger partial charge in [-0.05, 0) is 18.6 Å². The molecule has 0 spiro atoms. The van der Waals surface area contributed by atoms with E-state index in [4.69, 9.17) is 20.1 Å². The number of β-lactam (4-membered cyclic amide) rings is 1. The lowest BCUT2D eigenvalue weighted by Crippen LogP contribution is -2.66. The fourth-order valence-corrected chi connectivity index (χ4v) is 1.46. The number of hydrogen-bond donors (Lipinski definition) is 3. The summed E-state index contributed by atoms with van der Waals surface area (Å²) in [7, 11) is 0. The number of hydrogen-bond acceptors (Lipinski definition) is 4. The minimum Gasteiger partial charge on any atom is -0.481 e. The lowest BCUT2D eigenvalue weighted by molar-refractivity contribution is -0.134. The maximum Gasteiger partial charge on any atom is 0.300 e. The van der Waals surface area contributed by atoms with Crippen LogP contribution in [-0.4, -0.2) is 29.1 Å². The zero-order chi connectivity index (χ0) is 12.8. The average molecular weight is 240 g/mol. The van der Waals surface area contributed by atoms with E-state index in [1.54, 1.807) is 6.26 Å². The van der Waals surface area contributed by atoms with Gasteiger partial charge in [0.25, 0.3) is 5.97 Å². The number of carboxylic acid groups (broad SMARTS) is 1. The number of furan rings is 1. The lowest BCUT2D eigenvalue weighted by atomic mass is 9.95. The summed E-state index contributed by atoms with van der Waals surface area (Å²) >= 11 is 0. The zero-order valence-corrected chi connectivity index (χ0v) is 9.55. The van der Waals surface area contributed by atoms with E-state index < -0.39 is 5.97 Å². The summed E-state index contributed by atoms with van der Waals surface area (Å²) in [6, 6.07) is 3.58. The molecule has 4 N–H and O–H groups in total. The number of carbonyl (C=O) groups excluding carboxylic acids is 1. The van der Waals surface area contributed by atoms with Crippen molar-refractivity contribution >= 4 is 11.9 Å². The molecule has 0 saturated carbocycles. The van der Waals surface area contributed by atoms with Gasteiger partial charge in [-0.15, -0.1) is 0 Å². The molecule has 0 radical (unpaired) electrons. The van der Waals surface area contributed by atoms with E-state index in [1.165, 1.54) is 0 Å². The lowest BCUT2D eigenvalue weighted by Gasteiger charge is -2.33. The standard InChI is InChI=1S/C9H12N2O2.C2H4O2/c10-8-7(11-9(8)12)4-3-6-2-1-5-13-6;1-2(3)4/h1-2,5,7-8H,3-4,10H2,(H,11,12);1H3,(H,3,4). The maximum absolute atomic E-state index is 10.7. The Morgan fingerprint density at radius 2 is 2.29 bits per heavy atom. The van der Waals surface area contributed by atoms with Crippen molar-refractivity contribution in [1.29, 1.82) is 0 Å². The Balaban J connectivity index is 0.000000317. The topological polar surface area (TPSA) is 106 Å². The van der Waals surface area contributed by atoms with E-state index in [0.717, 1.165) is 25.5 Å². The van der Waals surface area contributed by atoms with Gasteiger partial charge in [-0.1, -0.05) is 0 Å². The quantitative estimate of drug-likeness (QED) is 0.651. The van der Waals surface area contributed by atoms with Crippen LogP contribution in [0.25, 0.3) is 0 Å². The van der Waals surface area contributed by atoms with Crippen molar-refractivity contribution in [1.82, 2.24) is 5.32 Å². The van der Waals surface area contributed by atoms with Crippen LogP contribution in [-0.2, 0) is 16.0 Å². The van der Waals surface area contributed by atoms with Crippen LogP contribution in [0, 0.1) is 0 Å². The van der Waals surface area contributed by atoms with Gasteiger partial charge in [-0.25, -0.2) is 0 Å². The van der Waals surface area contributed by atoms with Crippen LogP contribution in [0.5, 0.6) is 0 Å². The summed E-state index contributed by atoms with van der Waals surface area (Å²) in [5.74, 6) is 0.0535. The molecule has 1 saturated heterocycles. The Kier molecular flexibility index (Phi) is 4.71. The molecule has 1 aliphatic rings. The number of amides is 1. The van der Waals surface area contributed by atoms with Gasteiger partial charge in [0.2, 0.25) is 5.91 Å². The largest absolute Gasteiger partial charge is 0.481 e. The van der Waals surface area contributed by atoms with E-state index in [2.05, 4.69) is 5.32 Å². The molecule has 1 fully saturated rings. The summed E-state index contributed by atoms with van der Waals surface area (Å²) in [5.41, 5.74) is 5.56. The Morgan fingerprint density at radius 3 is 2.71 bits per heavy atom. The highest BCUT2D eigenvalue weighted by Crippen LogP contribution is 2.12. The summed E-state index contributed by atoms with van der Waals surface area (Å²) in [4.78, 5) is 19.7. The minimum absolute atomic E-state index is 0.0514. The zero-order valence-electron chi connectivity index (χ0n) is 9.55. The molecule has 94 valence electrons. The number of aliphatic carboxylic acids is 1. The first-order valence-corrected chi connectivity index (χ1v) is 5.28. The first kappa shape index (κ1) is 13.2. The molecule has 1 aliphatic heterocycles. The van der Waals surface area contributed by atoms with Crippen LogP contribution >= 0.6 is 0 Å². The third-order valence-corrected chi connectivity index (χ3v) is 2.35. The van der Waals surface area contributed by atoms with Crippen molar-refractivity contribution in [3.8, 4) is 0 Å². The van der Waals surface area contributed by atoms with Gasteiger partial charge >= 0.3 is 0 Å². The van der Waals surface area contributed by atoms with Gasteiger partial charge in [-0.2, -0.15) is 0 Å². The molecule has 1 aromatic heterocycles. The molecule has 6 nitrogen and oxygen atoms in total. The smallest absolute Gasteiger partial charge is 0.300 e. The van der Waals surface area contributed by atoms with Crippen LogP contribution < -0.4 is 11.1 Å². The van der Waals surface area contributed by atoms with Gasteiger partial charge in [0.05, 0.1) is 12.3 Å². The average Bonchev–Trinajstić information content (AvgIpc) is 2.75. The molecule has 1 aromatic rings. The van der Waals surface area contributed by atoms with Crippen molar-refractivity contribution in [3.63, 3.8) is 0 Å². The van der Waals surface area contributed by atoms with E-state index in [9.17, 15) is 4.79 Å². The van der Waals surface area contributed by atoms with Gasteiger partial charge in [-0.3, -0.25) is 9.59 Å². The first-order chi connectivity index (χ1) is 8.00. The SMILES string of the molecule is CC(=O)O.NC1C(=O)NC1CCc1ccco1. The van der Waals surface area contributed by atoms with E-state index >= 15 is 0 Å². The number of nitrogens with two attached hydrogens (primary N) is 1. The molecule has 0 aliphatic carbocycles. The second-order valence-corrected chi connectivity index (χ2v) is 3.78. The van der Waals surface area contributed by atoms with Crippen LogP contribution in [0.3, 0.4) is 0 Å². The predicted molar refractivity (Wildman–Crippen MR) is 60.2 cm³/mol. The Hall–Kier alpha value is -1.82. The molecule has 0 aromatic carbocycles. The van der Waals surface area contributed by atoms with Gasteiger partial charge < -0.3 is 20.6 Å². The molecule has 1 amide bonds. The Labute approximate surface area is 98.8 Å². The van der Waals surface area contributed by atoms with Gasteiger partial charge in [0.15, 0.2) is 0 Å². The molecule has 0 bridgehead atoms. The summed E-state index contributed by atoms with van der Waals surface area (Å²) in [5, 5.41) is 10.2. The number of aryl methyl sites for hydroxylation is 1. The molecular formula is C11H16N2O4. The van der Waals surface area contributed by atoms with Crippen LogP contribution in [0.4, 0.5) is 0 Å². The highest BCUT2D eigenvalue weighted by atomic mass is 16.4. The molecule has 2 atom stereocenters. The summed E-state index contributed by atoms with van der Waals surface area (Å²) in [6.45, 7) is 1.08. The van der Waals surface area contributed by atoms with E-state index in [1.807, 2.05) is 12.1 Å². The highest BCUT2D eigenvalue weighted by Gasteiger charge is 2.35. The number of carbonyl (C=O) groups is 2. The van der Waals surface area contributed by atoms with Crippen molar-refractivity contribution in [2.75, 3.05) is 0 Å². The van der Waals surface area contributed by atoms with Crippen molar-refractivity contribution in [2.24, 2.45) is 5.73 Å². The van der Waals surface area contributed by atoms with Crippen LogP contribution in [0.1, 0.15) is 19.1 Å². The first-order valence-electron chi connectivity index (χ1n) is 5.28. The van der Waals surface area contributed by atoms with Crippen molar-refractivity contribution in [2.45, 2.75) is 31.8 Å². The van der Waals surface area contributed by atoms with E-state index in [-0.39, 0.29) is 18.0 Å². The van der Waals surface area contributed by atoms with Crippen molar-refractivity contribution in [3.05, 3.63) is 24.2 Å². The minimum atomic E-state index is -0.833. The van der Waals surface area contributed by atoms with Crippen LogP contribution in [0.15, 0.2) is 22.8 Å². The predicted octanol–water partition coefficient (Wildman–Crippen LogP) is 0.129.